The van der Waals surface area contributed by atoms with Crippen molar-refractivity contribution in [2.75, 3.05) is 39.8 Å². The second-order valence-electron chi connectivity index (χ2n) is 7.91. The number of benzene rings is 1. The summed E-state index contributed by atoms with van der Waals surface area (Å²) in [5.41, 5.74) is 3.20. The van der Waals surface area contributed by atoms with E-state index in [1.165, 1.54) is 11.1 Å². The highest BCUT2D eigenvalue weighted by atomic mass is 16.2. The molecule has 2 heterocycles. The molecular formula is C21H33N3O. The van der Waals surface area contributed by atoms with Gasteiger partial charge in [-0.25, -0.2) is 0 Å². The monoisotopic (exact) mass is 343 g/mol. The molecule has 1 aromatic carbocycles. The van der Waals surface area contributed by atoms with Crippen LogP contribution in [0.4, 0.5) is 0 Å². The van der Waals surface area contributed by atoms with Crippen LogP contribution in [0.25, 0.3) is 0 Å². The number of rotatable bonds is 4. The van der Waals surface area contributed by atoms with Crippen molar-refractivity contribution in [3.05, 3.63) is 35.4 Å². The Kier molecular flexibility index (Phi) is 5.49. The SMILES string of the molecule is CCN(C(=O)CN1CCC2(CC1)c1ccccc1CCN2C)C(C)C. The predicted molar refractivity (Wildman–Crippen MR) is 103 cm³/mol. The number of hydrogen-bond acceptors (Lipinski definition) is 3. The van der Waals surface area contributed by atoms with Crippen LogP contribution in [0.2, 0.25) is 0 Å². The summed E-state index contributed by atoms with van der Waals surface area (Å²) in [6.45, 7) is 10.8. The molecule has 0 saturated carbocycles. The second-order valence-corrected chi connectivity index (χ2v) is 7.91. The smallest absolute Gasteiger partial charge is 0.236 e. The summed E-state index contributed by atoms with van der Waals surface area (Å²) in [5.74, 6) is 0.269. The molecule has 0 aliphatic carbocycles. The molecule has 0 N–H and O–H groups in total. The average Bonchev–Trinajstić information content (AvgIpc) is 2.60. The zero-order valence-corrected chi connectivity index (χ0v) is 16.3. The highest BCUT2D eigenvalue weighted by Crippen LogP contribution is 2.42. The highest BCUT2D eigenvalue weighted by molar-refractivity contribution is 5.78. The Hall–Kier alpha value is -1.39. The number of likely N-dealkylation sites (N-methyl/N-ethyl adjacent to an activating group) is 2. The molecule has 4 heteroatoms. The number of carbonyl (C=O) groups is 1. The van der Waals surface area contributed by atoms with Crippen molar-refractivity contribution >= 4 is 5.91 Å². The van der Waals surface area contributed by atoms with E-state index in [9.17, 15) is 4.79 Å². The Morgan fingerprint density at radius 3 is 2.52 bits per heavy atom. The molecule has 138 valence electrons. The summed E-state index contributed by atoms with van der Waals surface area (Å²) in [6.07, 6.45) is 3.37. The average molecular weight is 344 g/mol. The molecule has 0 bridgehead atoms. The molecule has 3 rings (SSSR count). The maximum Gasteiger partial charge on any atom is 0.236 e. The first kappa shape index (κ1) is 18.4. The van der Waals surface area contributed by atoms with Gasteiger partial charge < -0.3 is 4.90 Å². The first-order valence-corrected chi connectivity index (χ1v) is 9.79. The minimum atomic E-state index is 0.164. The van der Waals surface area contributed by atoms with Gasteiger partial charge in [-0.05, 0) is 58.2 Å². The molecule has 25 heavy (non-hydrogen) atoms. The molecule has 1 fully saturated rings. The van der Waals surface area contributed by atoms with Crippen LogP contribution in [-0.2, 0) is 16.8 Å². The van der Waals surface area contributed by atoms with Gasteiger partial charge >= 0.3 is 0 Å². The van der Waals surface area contributed by atoms with E-state index < -0.39 is 0 Å². The van der Waals surface area contributed by atoms with Gasteiger partial charge in [0.25, 0.3) is 0 Å². The van der Waals surface area contributed by atoms with E-state index in [2.05, 4.69) is 61.9 Å². The molecule has 0 unspecified atom stereocenters. The van der Waals surface area contributed by atoms with Crippen molar-refractivity contribution < 1.29 is 4.79 Å². The molecule has 0 aromatic heterocycles. The number of likely N-dealkylation sites (tertiary alicyclic amines) is 1. The van der Waals surface area contributed by atoms with Crippen molar-refractivity contribution in [2.45, 2.75) is 51.6 Å². The largest absolute Gasteiger partial charge is 0.339 e. The fourth-order valence-corrected chi connectivity index (χ4v) is 4.74. The number of piperidine rings is 1. The van der Waals surface area contributed by atoms with E-state index in [0.29, 0.717) is 6.54 Å². The topological polar surface area (TPSA) is 26.8 Å². The van der Waals surface area contributed by atoms with Gasteiger partial charge in [0.2, 0.25) is 5.91 Å². The summed E-state index contributed by atoms with van der Waals surface area (Å²) < 4.78 is 0. The number of fused-ring (bicyclic) bond motifs is 2. The van der Waals surface area contributed by atoms with E-state index >= 15 is 0 Å². The van der Waals surface area contributed by atoms with Gasteiger partial charge in [-0.1, -0.05) is 24.3 Å². The van der Waals surface area contributed by atoms with E-state index in [4.69, 9.17) is 0 Å². The van der Waals surface area contributed by atoms with Crippen LogP contribution in [0.3, 0.4) is 0 Å². The first-order valence-electron chi connectivity index (χ1n) is 9.79. The predicted octanol–water partition coefficient (Wildman–Crippen LogP) is 2.72. The van der Waals surface area contributed by atoms with Crippen LogP contribution in [0.1, 0.15) is 44.7 Å². The van der Waals surface area contributed by atoms with Gasteiger partial charge in [-0.15, -0.1) is 0 Å². The standard InChI is InChI=1S/C21H33N3O/c1-5-24(17(2)3)20(25)16-23-14-11-21(12-15-23)19-9-7-6-8-18(19)10-13-22(21)4/h6-9,17H,5,10-16H2,1-4H3. The van der Waals surface area contributed by atoms with Crippen LogP contribution in [0.15, 0.2) is 24.3 Å². The Morgan fingerprint density at radius 2 is 1.88 bits per heavy atom. The number of hydrogen-bond donors (Lipinski definition) is 0. The minimum absolute atomic E-state index is 0.164. The third kappa shape index (κ3) is 3.47. The lowest BCUT2D eigenvalue weighted by Gasteiger charge is -2.51. The summed E-state index contributed by atoms with van der Waals surface area (Å²) in [5, 5.41) is 0. The number of carbonyl (C=O) groups excluding carboxylic acids is 1. The van der Waals surface area contributed by atoms with E-state index in [0.717, 1.165) is 45.4 Å². The van der Waals surface area contributed by atoms with E-state index in [1.54, 1.807) is 0 Å². The molecule has 4 nitrogen and oxygen atoms in total. The minimum Gasteiger partial charge on any atom is -0.339 e. The van der Waals surface area contributed by atoms with Crippen molar-refractivity contribution in [3.8, 4) is 0 Å². The molecule has 0 atom stereocenters. The molecule has 1 aromatic rings. The molecule has 1 saturated heterocycles. The lowest BCUT2D eigenvalue weighted by molar-refractivity contribution is -0.134. The van der Waals surface area contributed by atoms with Crippen LogP contribution >= 0.6 is 0 Å². The Bertz CT molecular complexity index is 605. The molecule has 1 amide bonds. The maximum atomic E-state index is 12.6. The number of nitrogens with zero attached hydrogens (tertiary/aromatic N) is 3. The Balaban J connectivity index is 1.69. The van der Waals surface area contributed by atoms with E-state index in [-0.39, 0.29) is 17.5 Å². The molecular weight excluding hydrogens is 310 g/mol. The fourth-order valence-electron chi connectivity index (χ4n) is 4.74. The number of amides is 1. The van der Waals surface area contributed by atoms with Gasteiger partial charge in [0.05, 0.1) is 6.54 Å². The fraction of sp³-hybridized carbons (Fsp3) is 0.667. The summed E-state index contributed by atoms with van der Waals surface area (Å²) in [7, 11) is 2.27. The highest BCUT2D eigenvalue weighted by Gasteiger charge is 2.43. The van der Waals surface area contributed by atoms with Gasteiger partial charge in [-0.3, -0.25) is 14.6 Å². The van der Waals surface area contributed by atoms with Crippen molar-refractivity contribution in [3.63, 3.8) is 0 Å². The zero-order chi connectivity index (χ0) is 18.0. The lowest BCUT2D eigenvalue weighted by Crippen LogP contribution is -2.56. The molecule has 2 aliphatic rings. The van der Waals surface area contributed by atoms with Gasteiger partial charge in [0.15, 0.2) is 0 Å². The normalized spacial score (nSPS) is 20.7. The van der Waals surface area contributed by atoms with Crippen LogP contribution in [0.5, 0.6) is 0 Å². The molecule has 1 spiro atoms. The quantitative estimate of drug-likeness (QED) is 0.841. The zero-order valence-electron chi connectivity index (χ0n) is 16.3. The van der Waals surface area contributed by atoms with Gasteiger partial charge in [0, 0.05) is 37.8 Å². The Morgan fingerprint density at radius 1 is 1.20 bits per heavy atom. The van der Waals surface area contributed by atoms with Crippen molar-refractivity contribution in [1.82, 2.24) is 14.7 Å². The lowest BCUT2D eigenvalue weighted by atomic mass is 9.74. The van der Waals surface area contributed by atoms with Crippen LogP contribution in [-0.4, -0.2) is 66.4 Å². The van der Waals surface area contributed by atoms with Crippen LogP contribution in [0, 0.1) is 0 Å². The van der Waals surface area contributed by atoms with Gasteiger partial charge in [0.1, 0.15) is 0 Å². The molecule has 0 radical (unpaired) electrons. The van der Waals surface area contributed by atoms with Gasteiger partial charge in [-0.2, -0.15) is 0 Å². The Labute approximate surface area is 152 Å². The first-order chi connectivity index (χ1) is 12.0. The van der Waals surface area contributed by atoms with Crippen molar-refractivity contribution in [1.29, 1.82) is 0 Å². The summed E-state index contributed by atoms with van der Waals surface area (Å²) >= 11 is 0. The van der Waals surface area contributed by atoms with E-state index in [1.807, 2.05) is 4.90 Å². The van der Waals surface area contributed by atoms with Crippen LogP contribution < -0.4 is 0 Å². The maximum absolute atomic E-state index is 12.6. The summed E-state index contributed by atoms with van der Waals surface area (Å²) in [6, 6.07) is 9.24. The van der Waals surface area contributed by atoms with Crippen molar-refractivity contribution in [2.24, 2.45) is 0 Å². The third-order valence-corrected chi connectivity index (χ3v) is 6.29. The second kappa shape index (κ2) is 7.46. The third-order valence-electron chi connectivity index (χ3n) is 6.29. The molecule has 2 aliphatic heterocycles. The summed E-state index contributed by atoms with van der Waals surface area (Å²) in [4.78, 5) is 19.5.